The molecule has 0 unspecified atom stereocenters. The average Bonchev–Trinajstić information content (AvgIpc) is 2.71. The Hall–Kier alpha value is -4.25. The van der Waals surface area contributed by atoms with Gasteiger partial charge in [-0.15, -0.1) is 0 Å². The van der Waals surface area contributed by atoms with Crippen molar-refractivity contribution in [1.82, 2.24) is 4.98 Å². The number of carbonyl (C=O) groups excluding carboxylic acids is 1. The van der Waals surface area contributed by atoms with Crippen LogP contribution in [0.3, 0.4) is 0 Å². The van der Waals surface area contributed by atoms with E-state index in [0.29, 0.717) is 22.6 Å². The van der Waals surface area contributed by atoms with Gasteiger partial charge in [-0.1, -0.05) is 0 Å². The zero-order valence-electron chi connectivity index (χ0n) is 15.7. The van der Waals surface area contributed by atoms with E-state index in [9.17, 15) is 14.9 Å². The van der Waals surface area contributed by atoms with Gasteiger partial charge in [0.1, 0.15) is 12.0 Å². The summed E-state index contributed by atoms with van der Waals surface area (Å²) < 4.78 is 5.86. The predicted octanol–water partition coefficient (Wildman–Crippen LogP) is 4.83. The second-order valence-electron chi connectivity index (χ2n) is 6.29. The summed E-state index contributed by atoms with van der Waals surface area (Å²) in [5.74, 6) is 0.704. The lowest BCUT2D eigenvalue weighted by atomic mass is 10.1. The average molecular weight is 388 g/mol. The second-order valence-corrected chi connectivity index (χ2v) is 6.29. The molecule has 0 fully saturated rings. The minimum Gasteiger partial charge on any atom is -0.438 e. The van der Waals surface area contributed by atoms with E-state index in [1.807, 2.05) is 6.07 Å². The number of ether oxygens (including phenoxy) is 1. The lowest BCUT2D eigenvalue weighted by Crippen LogP contribution is -2.02. The van der Waals surface area contributed by atoms with Gasteiger partial charge in [-0.2, -0.15) is 10.2 Å². The standard InChI is InChI=1S/C21H16N4O4/c1-13-9-16(12-26)10-14(2)20(13)29-19-8-7-18(25(27)28)21(24-19)23-17-5-3-15(11-22)4-6-17/h3-10,12H,1-2H3,(H,23,24). The van der Waals surface area contributed by atoms with Gasteiger partial charge in [-0.05, 0) is 61.4 Å². The molecule has 0 saturated heterocycles. The summed E-state index contributed by atoms with van der Waals surface area (Å²) in [6, 6.07) is 14.6. The Bertz CT molecular complexity index is 1110. The first-order valence-electron chi connectivity index (χ1n) is 8.58. The zero-order chi connectivity index (χ0) is 21.0. The number of benzene rings is 2. The maximum absolute atomic E-state index is 11.4. The van der Waals surface area contributed by atoms with Gasteiger partial charge in [0.2, 0.25) is 11.7 Å². The van der Waals surface area contributed by atoms with Crippen molar-refractivity contribution < 1.29 is 14.5 Å². The number of hydrogen-bond acceptors (Lipinski definition) is 7. The van der Waals surface area contributed by atoms with Gasteiger partial charge in [0.05, 0.1) is 16.6 Å². The van der Waals surface area contributed by atoms with Crippen molar-refractivity contribution in [2.75, 3.05) is 5.32 Å². The van der Waals surface area contributed by atoms with E-state index in [1.54, 1.807) is 50.2 Å². The predicted molar refractivity (Wildman–Crippen MR) is 107 cm³/mol. The van der Waals surface area contributed by atoms with Gasteiger partial charge in [-0.25, -0.2) is 0 Å². The Balaban J connectivity index is 1.95. The van der Waals surface area contributed by atoms with E-state index in [2.05, 4.69) is 10.3 Å². The van der Waals surface area contributed by atoms with Crippen LogP contribution in [0.4, 0.5) is 17.2 Å². The van der Waals surface area contributed by atoms with Crippen LogP contribution in [0.5, 0.6) is 11.6 Å². The number of nitrogens with zero attached hydrogens (tertiary/aromatic N) is 3. The van der Waals surface area contributed by atoms with E-state index in [0.717, 1.165) is 17.4 Å². The molecule has 8 heteroatoms. The topological polar surface area (TPSA) is 118 Å². The van der Waals surface area contributed by atoms with Crippen molar-refractivity contribution in [1.29, 1.82) is 5.26 Å². The van der Waals surface area contributed by atoms with Crippen LogP contribution in [-0.2, 0) is 0 Å². The highest BCUT2D eigenvalue weighted by molar-refractivity contribution is 5.76. The molecule has 1 heterocycles. The van der Waals surface area contributed by atoms with E-state index in [4.69, 9.17) is 10.00 Å². The number of aldehydes is 1. The summed E-state index contributed by atoms with van der Waals surface area (Å²) in [5.41, 5.74) is 2.82. The summed E-state index contributed by atoms with van der Waals surface area (Å²) in [4.78, 5) is 26.1. The molecule has 1 aromatic heterocycles. The van der Waals surface area contributed by atoms with E-state index in [1.165, 1.54) is 12.1 Å². The Morgan fingerprint density at radius 3 is 2.34 bits per heavy atom. The quantitative estimate of drug-likeness (QED) is 0.365. The van der Waals surface area contributed by atoms with Crippen LogP contribution < -0.4 is 10.1 Å². The van der Waals surface area contributed by atoms with Crippen LogP contribution in [0.25, 0.3) is 0 Å². The Morgan fingerprint density at radius 1 is 1.14 bits per heavy atom. The summed E-state index contributed by atoms with van der Waals surface area (Å²) in [5, 5.41) is 23.1. The minimum atomic E-state index is -0.544. The molecule has 0 spiro atoms. The van der Waals surface area contributed by atoms with E-state index >= 15 is 0 Å². The van der Waals surface area contributed by atoms with Crippen LogP contribution in [0, 0.1) is 35.3 Å². The van der Waals surface area contributed by atoms with Gasteiger partial charge in [0, 0.05) is 23.4 Å². The van der Waals surface area contributed by atoms with Crippen molar-refractivity contribution in [2.24, 2.45) is 0 Å². The molecule has 144 valence electrons. The Morgan fingerprint density at radius 2 is 1.79 bits per heavy atom. The SMILES string of the molecule is Cc1cc(C=O)cc(C)c1Oc1ccc([N+](=O)[O-])c(Nc2ccc(C#N)cc2)n1. The van der Waals surface area contributed by atoms with Crippen LogP contribution in [0.2, 0.25) is 0 Å². The number of aromatic nitrogens is 1. The molecule has 0 saturated carbocycles. The third kappa shape index (κ3) is 4.36. The van der Waals surface area contributed by atoms with Crippen molar-refractivity contribution >= 4 is 23.5 Å². The van der Waals surface area contributed by atoms with Crippen LogP contribution in [0.15, 0.2) is 48.5 Å². The number of rotatable bonds is 6. The molecule has 2 aromatic carbocycles. The molecule has 3 aromatic rings. The zero-order valence-corrected chi connectivity index (χ0v) is 15.7. The van der Waals surface area contributed by atoms with Crippen molar-refractivity contribution in [3.63, 3.8) is 0 Å². The molecule has 3 rings (SSSR count). The summed E-state index contributed by atoms with van der Waals surface area (Å²) in [7, 11) is 0. The molecule has 29 heavy (non-hydrogen) atoms. The Kier molecular flexibility index (Phi) is 5.51. The second kappa shape index (κ2) is 8.19. The molecule has 0 amide bonds. The number of nitrogens with one attached hydrogen (secondary N) is 1. The fourth-order valence-electron chi connectivity index (χ4n) is 2.81. The first kappa shape index (κ1) is 19.5. The molecule has 0 radical (unpaired) electrons. The van der Waals surface area contributed by atoms with Crippen LogP contribution >= 0.6 is 0 Å². The van der Waals surface area contributed by atoms with Crippen molar-refractivity contribution in [3.05, 3.63) is 80.9 Å². The highest BCUT2D eigenvalue weighted by atomic mass is 16.6. The fraction of sp³-hybridized carbons (Fsp3) is 0.0952. The molecule has 0 aliphatic rings. The number of hydrogen-bond donors (Lipinski definition) is 1. The molecule has 8 nitrogen and oxygen atoms in total. The molecule has 0 bridgehead atoms. The molecular formula is C21H16N4O4. The maximum atomic E-state index is 11.4. The number of nitriles is 1. The first-order valence-corrected chi connectivity index (χ1v) is 8.58. The number of anilines is 2. The monoisotopic (exact) mass is 388 g/mol. The van der Waals surface area contributed by atoms with Crippen molar-refractivity contribution in [3.8, 4) is 17.7 Å². The van der Waals surface area contributed by atoms with Crippen LogP contribution in [0.1, 0.15) is 27.0 Å². The molecule has 1 N–H and O–H groups in total. The number of pyridine rings is 1. The normalized spacial score (nSPS) is 10.1. The lowest BCUT2D eigenvalue weighted by molar-refractivity contribution is -0.384. The minimum absolute atomic E-state index is 0.0111. The third-order valence-corrected chi connectivity index (χ3v) is 4.15. The molecule has 0 aliphatic heterocycles. The van der Waals surface area contributed by atoms with Gasteiger partial charge in [0.25, 0.3) is 0 Å². The van der Waals surface area contributed by atoms with Gasteiger partial charge in [0.15, 0.2) is 0 Å². The highest BCUT2D eigenvalue weighted by Gasteiger charge is 2.18. The molecule has 0 atom stereocenters. The maximum Gasteiger partial charge on any atom is 0.311 e. The first-order chi connectivity index (χ1) is 13.9. The number of nitro groups is 1. The third-order valence-electron chi connectivity index (χ3n) is 4.15. The van der Waals surface area contributed by atoms with Gasteiger partial charge < -0.3 is 10.1 Å². The molecular weight excluding hydrogens is 372 g/mol. The summed E-state index contributed by atoms with van der Waals surface area (Å²) in [6.45, 7) is 3.60. The lowest BCUT2D eigenvalue weighted by Gasteiger charge is -2.13. The van der Waals surface area contributed by atoms with Gasteiger partial charge >= 0.3 is 5.69 Å². The highest BCUT2D eigenvalue weighted by Crippen LogP contribution is 2.33. The molecule has 0 aliphatic carbocycles. The number of carbonyl (C=O) groups is 1. The van der Waals surface area contributed by atoms with Crippen molar-refractivity contribution in [2.45, 2.75) is 13.8 Å². The fourth-order valence-corrected chi connectivity index (χ4v) is 2.81. The van der Waals surface area contributed by atoms with E-state index < -0.39 is 4.92 Å². The largest absolute Gasteiger partial charge is 0.438 e. The number of aryl methyl sites for hydroxylation is 2. The van der Waals surface area contributed by atoms with E-state index in [-0.39, 0.29) is 17.4 Å². The summed E-state index contributed by atoms with van der Waals surface area (Å²) >= 11 is 0. The Labute approximate surface area is 166 Å². The van der Waals surface area contributed by atoms with Crippen LogP contribution in [-0.4, -0.2) is 16.2 Å². The smallest absolute Gasteiger partial charge is 0.311 e. The van der Waals surface area contributed by atoms with Gasteiger partial charge in [-0.3, -0.25) is 14.9 Å². The summed E-state index contributed by atoms with van der Waals surface area (Å²) in [6.07, 6.45) is 0.757.